The van der Waals surface area contributed by atoms with Gasteiger partial charge in [0.2, 0.25) is 5.91 Å². The number of rotatable bonds is 9. The lowest BCUT2D eigenvalue weighted by Crippen LogP contribution is -2.34. The Balaban J connectivity index is 0.00000364. The number of halogens is 1. The second-order valence-corrected chi connectivity index (χ2v) is 6.66. The molecule has 0 aromatic heterocycles. The van der Waals surface area contributed by atoms with Crippen LogP contribution in [0, 0.1) is 5.92 Å². The molecule has 2 amide bonds. The predicted molar refractivity (Wildman–Crippen MR) is 111 cm³/mol. The molecule has 1 aromatic carbocycles. The van der Waals surface area contributed by atoms with Crippen LogP contribution in [0.15, 0.2) is 24.3 Å². The van der Waals surface area contributed by atoms with Crippen LogP contribution in [0.1, 0.15) is 39.5 Å². The van der Waals surface area contributed by atoms with Crippen LogP contribution in [0.5, 0.6) is 5.75 Å². The summed E-state index contributed by atoms with van der Waals surface area (Å²) in [6, 6.07) is 7.21. The highest BCUT2D eigenvalue weighted by Crippen LogP contribution is 2.20. The van der Waals surface area contributed by atoms with E-state index in [0.717, 1.165) is 32.4 Å². The van der Waals surface area contributed by atoms with E-state index in [2.05, 4.69) is 10.6 Å². The van der Waals surface area contributed by atoms with E-state index < -0.39 is 0 Å². The smallest absolute Gasteiger partial charge is 0.260 e. The number of ether oxygens (including phenoxy) is 1. The summed E-state index contributed by atoms with van der Waals surface area (Å²) in [5.74, 6) is 1.22. The molecule has 0 bridgehead atoms. The van der Waals surface area contributed by atoms with E-state index in [-0.39, 0.29) is 30.8 Å². The fourth-order valence-corrected chi connectivity index (χ4v) is 3.21. The van der Waals surface area contributed by atoms with Crippen molar-refractivity contribution in [2.75, 3.05) is 38.1 Å². The van der Waals surface area contributed by atoms with Crippen LogP contribution in [0.25, 0.3) is 0 Å². The van der Waals surface area contributed by atoms with Crippen molar-refractivity contribution in [2.24, 2.45) is 5.92 Å². The Morgan fingerprint density at radius 2 is 1.93 bits per heavy atom. The number of likely N-dealkylation sites (N-methyl/N-ethyl adjacent to an activating group) is 1. The van der Waals surface area contributed by atoms with Gasteiger partial charge in [-0.15, -0.1) is 12.4 Å². The highest BCUT2D eigenvalue weighted by Gasteiger charge is 2.15. The van der Waals surface area contributed by atoms with E-state index in [4.69, 9.17) is 4.74 Å². The Kier molecular flexibility index (Phi) is 10.8. The first-order valence-corrected chi connectivity index (χ1v) is 9.63. The van der Waals surface area contributed by atoms with Gasteiger partial charge in [-0.2, -0.15) is 0 Å². The van der Waals surface area contributed by atoms with E-state index in [9.17, 15) is 9.59 Å². The van der Waals surface area contributed by atoms with Gasteiger partial charge in [0.15, 0.2) is 6.61 Å². The largest absolute Gasteiger partial charge is 0.484 e. The van der Waals surface area contributed by atoms with Gasteiger partial charge in [0.25, 0.3) is 5.91 Å². The average Bonchev–Trinajstić information content (AvgIpc) is 2.67. The Hall–Kier alpha value is -1.79. The average molecular weight is 398 g/mol. The van der Waals surface area contributed by atoms with Gasteiger partial charge in [-0.3, -0.25) is 9.59 Å². The number of hydrogen-bond donors (Lipinski definition) is 2. The van der Waals surface area contributed by atoms with Crippen molar-refractivity contribution in [3.8, 4) is 5.75 Å². The first-order chi connectivity index (χ1) is 12.6. The predicted octanol–water partition coefficient (Wildman–Crippen LogP) is 3.07. The highest BCUT2D eigenvalue weighted by atomic mass is 35.5. The highest BCUT2D eigenvalue weighted by molar-refractivity contribution is 5.90. The topological polar surface area (TPSA) is 70.7 Å². The zero-order chi connectivity index (χ0) is 18.8. The molecule has 0 aliphatic carbocycles. The van der Waals surface area contributed by atoms with Crippen LogP contribution < -0.4 is 15.4 Å². The molecular weight excluding hydrogens is 366 g/mol. The van der Waals surface area contributed by atoms with E-state index in [1.54, 1.807) is 17.0 Å². The van der Waals surface area contributed by atoms with Crippen molar-refractivity contribution < 1.29 is 14.3 Å². The number of nitrogens with one attached hydrogen (secondary N) is 2. The third-order valence-corrected chi connectivity index (χ3v) is 4.83. The van der Waals surface area contributed by atoms with Gasteiger partial charge >= 0.3 is 0 Å². The molecule has 152 valence electrons. The van der Waals surface area contributed by atoms with Crippen molar-refractivity contribution in [3.63, 3.8) is 0 Å². The van der Waals surface area contributed by atoms with Crippen LogP contribution in [-0.4, -0.2) is 49.5 Å². The van der Waals surface area contributed by atoms with Gasteiger partial charge in [-0.05, 0) is 64.3 Å². The second-order valence-electron chi connectivity index (χ2n) is 6.66. The van der Waals surface area contributed by atoms with Crippen molar-refractivity contribution in [3.05, 3.63) is 24.3 Å². The van der Waals surface area contributed by atoms with Gasteiger partial charge in [-0.1, -0.05) is 6.07 Å². The molecule has 0 radical (unpaired) electrons. The number of carbonyl (C=O) groups is 2. The lowest BCUT2D eigenvalue weighted by molar-refractivity contribution is -0.133. The molecule has 1 aliphatic rings. The summed E-state index contributed by atoms with van der Waals surface area (Å²) < 4.78 is 5.58. The maximum atomic E-state index is 12.2. The third-order valence-electron chi connectivity index (χ3n) is 4.83. The summed E-state index contributed by atoms with van der Waals surface area (Å²) in [5, 5.41) is 6.27. The van der Waals surface area contributed by atoms with Crippen LogP contribution >= 0.6 is 12.4 Å². The number of benzene rings is 1. The lowest BCUT2D eigenvalue weighted by atomic mass is 9.93. The molecule has 6 nitrogen and oxygen atoms in total. The first kappa shape index (κ1) is 23.2. The standard InChI is InChI=1S/C20H31N3O3.ClH/c1-3-23(4-2)20(25)15-26-18-7-5-6-17(14-18)22-19(24)9-8-16-10-12-21-13-11-16;/h5-7,14,16,21H,3-4,8-13,15H2,1-2H3,(H,22,24);1H. The maximum Gasteiger partial charge on any atom is 0.260 e. The van der Waals surface area contributed by atoms with Gasteiger partial charge < -0.3 is 20.3 Å². The van der Waals surface area contributed by atoms with Crippen molar-refractivity contribution in [1.82, 2.24) is 10.2 Å². The Morgan fingerprint density at radius 3 is 2.59 bits per heavy atom. The quantitative estimate of drug-likeness (QED) is 0.671. The number of piperidine rings is 1. The molecule has 1 heterocycles. The summed E-state index contributed by atoms with van der Waals surface area (Å²) in [6.45, 7) is 7.35. The monoisotopic (exact) mass is 397 g/mol. The molecule has 2 rings (SSSR count). The summed E-state index contributed by atoms with van der Waals surface area (Å²) in [5.41, 5.74) is 0.702. The zero-order valence-electron chi connectivity index (χ0n) is 16.3. The zero-order valence-corrected chi connectivity index (χ0v) is 17.1. The van der Waals surface area contributed by atoms with Crippen LogP contribution in [0.4, 0.5) is 5.69 Å². The maximum absolute atomic E-state index is 12.2. The van der Waals surface area contributed by atoms with E-state index >= 15 is 0 Å². The van der Waals surface area contributed by atoms with E-state index in [0.29, 0.717) is 36.9 Å². The number of nitrogens with zero attached hydrogens (tertiary/aromatic N) is 1. The molecule has 1 aromatic rings. The first-order valence-electron chi connectivity index (χ1n) is 9.63. The Labute approximate surface area is 168 Å². The molecule has 1 aliphatic heterocycles. The summed E-state index contributed by atoms with van der Waals surface area (Å²) in [6.07, 6.45) is 3.77. The van der Waals surface area contributed by atoms with Gasteiger partial charge in [0.05, 0.1) is 0 Å². The molecule has 0 unspecified atom stereocenters. The molecule has 27 heavy (non-hydrogen) atoms. The Bertz CT molecular complexity index is 588. The van der Waals surface area contributed by atoms with Crippen LogP contribution in [0.3, 0.4) is 0 Å². The number of carbonyl (C=O) groups excluding carboxylic acids is 2. The van der Waals surface area contributed by atoms with Gasteiger partial charge in [0, 0.05) is 31.3 Å². The van der Waals surface area contributed by atoms with Gasteiger partial charge in [-0.25, -0.2) is 0 Å². The SMILES string of the molecule is CCN(CC)C(=O)COc1cccc(NC(=O)CCC2CCNCC2)c1.Cl. The fourth-order valence-electron chi connectivity index (χ4n) is 3.21. The molecular formula is C20H32ClN3O3. The van der Waals surface area contributed by atoms with E-state index in [1.165, 1.54) is 0 Å². The third kappa shape index (κ3) is 8.18. The summed E-state index contributed by atoms with van der Waals surface area (Å²) in [4.78, 5) is 25.9. The molecule has 7 heteroatoms. The van der Waals surface area contributed by atoms with E-state index in [1.807, 2.05) is 26.0 Å². The van der Waals surface area contributed by atoms with Crippen LogP contribution in [0.2, 0.25) is 0 Å². The number of anilines is 1. The summed E-state index contributed by atoms with van der Waals surface area (Å²) >= 11 is 0. The Morgan fingerprint density at radius 1 is 1.22 bits per heavy atom. The number of amides is 2. The fraction of sp³-hybridized carbons (Fsp3) is 0.600. The van der Waals surface area contributed by atoms with Crippen molar-refractivity contribution in [1.29, 1.82) is 0 Å². The second kappa shape index (κ2) is 12.6. The molecule has 1 fully saturated rings. The normalized spacial score (nSPS) is 14.1. The number of hydrogen-bond acceptors (Lipinski definition) is 4. The molecule has 1 saturated heterocycles. The van der Waals surface area contributed by atoms with Gasteiger partial charge in [0.1, 0.15) is 5.75 Å². The van der Waals surface area contributed by atoms with Crippen molar-refractivity contribution >= 4 is 29.9 Å². The minimum absolute atomic E-state index is 0. The minimum Gasteiger partial charge on any atom is -0.484 e. The minimum atomic E-state index is -0.0357. The van der Waals surface area contributed by atoms with Crippen molar-refractivity contribution in [2.45, 2.75) is 39.5 Å². The summed E-state index contributed by atoms with van der Waals surface area (Å²) in [7, 11) is 0. The molecule has 2 N–H and O–H groups in total. The molecule has 0 saturated carbocycles. The van der Waals surface area contributed by atoms with Crippen LogP contribution in [-0.2, 0) is 9.59 Å². The molecule has 0 atom stereocenters. The molecule has 0 spiro atoms. The lowest BCUT2D eigenvalue weighted by Gasteiger charge is -2.22.